The van der Waals surface area contributed by atoms with Crippen LogP contribution in [0.1, 0.15) is 53.2 Å². The molecular formula is C44H48N4O8. The number of nitrogens with zero attached hydrogens (tertiary/aromatic N) is 2. The van der Waals surface area contributed by atoms with Crippen molar-refractivity contribution in [3.63, 3.8) is 0 Å². The van der Waals surface area contributed by atoms with Gasteiger partial charge in [-0.2, -0.15) is 0 Å². The molecule has 0 aliphatic carbocycles. The second-order valence-corrected chi connectivity index (χ2v) is 14.3. The third kappa shape index (κ3) is 9.45. The Labute approximate surface area is 325 Å². The highest BCUT2D eigenvalue weighted by Crippen LogP contribution is 2.36. The number of aromatic hydroxyl groups is 1. The number of aromatic nitrogens is 1. The number of nitrogens with one attached hydrogen (secondary N) is 2. The number of phenolic OH excluding ortho intramolecular Hbond substituents is 1. The lowest BCUT2D eigenvalue weighted by atomic mass is 9.73. The summed E-state index contributed by atoms with van der Waals surface area (Å²) in [6.45, 7) is 2.32. The Balaban J connectivity index is 1.03. The van der Waals surface area contributed by atoms with Crippen molar-refractivity contribution in [1.29, 1.82) is 0 Å². The molecule has 2 heterocycles. The van der Waals surface area contributed by atoms with Gasteiger partial charge in [0, 0.05) is 44.2 Å². The zero-order valence-corrected chi connectivity index (χ0v) is 31.4. The van der Waals surface area contributed by atoms with Gasteiger partial charge in [-0.25, -0.2) is 0 Å². The molecule has 12 nitrogen and oxygen atoms in total. The minimum Gasteiger partial charge on any atom is -0.506 e. The van der Waals surface area contributed by atoms with Crippen molar-refractivity contribution in [2.75, 3.05) is 39.8 Å². The third-order valence-electron chi connectivity index (χ3n) is 10.7. The van der Waals surface area contributed by atoms with E-state index in [9.17, 15) is 34.5 Å². The quantitative estimate of drug-likeness (QED) is 0.0894. The SMILES string of the molecule is COc1cccc(CN(CCCNCC(O)c2ccc(O)c3[nH]c(=O)ccc23)C(=O)Cc2ccc(CC(=O)N3CCC(C(=O)O)(c4ccccc4)CC3)cc2)c1. The van der Waals surface area contributed by atoms with E-state index >= 15 is 0 Å². The number of likely N-dealkylation sites (tertiary alicyclic amines) is 1. The number of piperidine rings is 1. The predicted molar refractivity (Wildman–Crippen MR) is 213 cm³/mol. The molecule has 1 aliphatic rings. The number of carbonyl (C=O) groups excluding carboxylic acids is 2. The summed E-state index contributed by atoms with van der Waals surface area (Å²) in [5.74, 6) is -0.355. The Morgan fingerprint density at radius 1 is 0.893 bits per heavy atom. The van der Waals surface area contributed by atoms with E-state index < -0.39 is 17.5 Å². The number of aliphatic hydroxyl groups excluding tert-OH is 1. The molecule has 6 rings (SSSR count). The summed E-state index contributed by atoms with van der Waals surface area (Å²) in [6.07, 6.45) is 0.778. The van der Waals surface area contributed by atoms with Crippen LogP contribution in [-0.2, 0) is 39.2 Å². The summed E-state index contributed by atoms with van der Waals surface area (Å²) in [5, 5.41) is 35.1. The molecule has 292 valence electrons. The van der Waals surface area contributed by atoms with Crippen LogP contribution in [0.4, 0.5) is 0 Å². The smallest absolute Gasteiger partial charge is 0.314 e. The number of H-pyrrole nitrogens is 1. The zero-order valence-electron chi connectivity index (χ0n) is 31.4. The number of hydrogen-bond donors (Lipinski definition) is 5. The minimum absolute atomic E-state index is 0.0563. The first-order valence-corrected chi connectivity index (χ1v) is 18.9. The molecule has 1 fully saturated rings. The first-order chi connectivity index (χ1) is 27.1. The molecule has 4 aromatic carbocycles. The number of fused-ring (bicyclic) bond motifs is 1. The van der Waals surface area contributed by atoms with Gasteiger partial charge >= 0.3 is 5.97 Å². The van der Waals surface area contributed by atoms with E-state index in [0.717, 1.165) is 22.3 Å². The van der Waals surface area contributed by atoms with Crippen LogP contribution in [0, 0.1) is 0 Å². The fourth-order valence-corrected chi connectivity index (χ4v) is 7.45. The third-order valence-corrected chi connectivity index (χ3v) is 10.7. The van der Waals surface area contributed by atoms with Crippen LogP contribution in [0.15, 0.2) is 108 Å². The van der Waals surface area contributed by atoms with Crippen LogP contribution in [0.3, 0.4) is 0 Å². The number of aliphatic hydroxyl groups is 1. The molecule has 12 heteroatoms. The highest BCUT2D eigenvalue weighted by Gasteiger charge is 2.43. The first kappa shape index (κ1) is 39.7. The number of rotatable bonds is 16. The second kappa shape index (κ2) is 18.1. The number of pyridine rings is 1. The van der Waals surface area contributed by atoms with Gasteiger partial charge < -0.3 is 40.2 Å². The molecule has 0 saturated carbocycles. The van der Waals surface area contributed by atoms with Crippen molar-refractivity contribution in [3.8, 4) is 11.5 Å². The molecule has 0 bridgehead atoms. The molecule has 5 aromatic rings. The number of aromatic amines is 1. The van der Waals surface area contributed by atoms with E-state index in [-0.39, 0.29) is 48.0 Å². The lowest BCUT2D eigenvalue weighted by Crippen LogP contribution is -2.49. The molecule has 56 heavy (non-hydrogen) atoms. The van der Waals surface area contributed by atoms with Crippen LogP contribution in [-0.4, -0.2) is 87.7 Å². The van der Waals surface area contributed by atoms with Crippen LogP contribution >= 0.6 is 0 Å². The van der Waals surface area contributed by atoms with Gasteiger partial charge in [0.1, 0.15) is 11.5 Å². The van der Waals surface area contributed by atoms with E-state index in [1.165, 1.54) is 12.1 Å². The fraction of sp³-hybridized carbons (Fsp3) is 0.318. The van der Waals surface area contributed by atoms with Gasteiger partial charge in [-0.3, -0.25) is 19.2 Å². The normalized spacial score (nSPS) is 14.3. The van der Waals surface area contributed by atoms with Crippen LogP contribution in [0.5, 0.6) is 11.5 Å². The average molecular weight is 761 g/mol. The number of ether oxygens (including phenoxy) is 1. The molecule has 1 saturated heterocycles. The van der Waals surface area contributed by atoms with Gasteiger partial charge in [0.2, 0.25) is 17.4 Å². The largest absolute Gasteiger partial charge is 0.506 e. The van der Waals surface area contributed by atoms with E-state index in [4.69, 9.17) is 4.74 Å². The summed E-state index contributed by atoms with van der Waals surface area (Å²) in [5.41, 5.74) is 2.83. The Morgan fingerprint density at radius 2 is 1.61 bits per heavy atom. The Hall–Kier alpha value is -5.98. The topological polar surface area (TPSA) is 172 Å². The van der Waals surface area contributed by atoms with Crippen molar-refractivity contribution in [2.24, 2.45) is 0 Å². The van der Waals surface area contributed by atoms with Crippen molar-refractivity contribution >= 4 is 28.7 Å². The first-order valence-electron chi connectivity index (χ1n) is 18.9. The van der Waals surface area contributed by atoms with Crippen molar-refractivity contribution in [3.05, 3.63) is 141 Å². The Morgan fingerprint density at radius 3 is 2.30 bits per heavy atom. The van der Waals surface area contributed by atoms with Gasteiger partial charge in [0.25, 0.3) is 0 Å². The number of benzene rings is 4. The Kier molecular flexibility index (Phi) is 12.8. The number of hydrogen-bond acceptors (Lipinski definition) is 8. The van der Waals surface area contributed by atoms with Crippen LogP contribution in [0.25, 0.3) is 10.9 Å². The molecule has 0 radical (unpaired) electrons. The number of aliphatic carboxylic acids is 1. The number of methoxy groups -OCH3 is 1. The molecule has 1 aromatic heterocycles. The highest BCUT2D eigenvalue weighted by atomic mass is 16.5. The number of carbonyl (C=O) groups is 3. The Bertz CT molecular complexity index is 2200. The maximum atomic E-state index is 13.8. The number of amides is 2. The van der Waals surface area contributed by atoms with E-state index in [1.54, 1.807) is 29.0 Å². The predicted octanol–water partition coefficient (Wildman–Crippen LogP) is 4.71. The van der Waals surface area contributed by atoms with E-state index in [0.29, 0.717) is 68.7 Å². The van der Waals surface area contributed by atoms with E-state index in [1.807, 2.05) is 78.9 Å². The summed E-state index contributed by atoms with van der Waals surface area (Å²) in [7, 11) is 1.60. The maximum Gasteiger partial charge on any atom is 0.314 e. The molecule has 1 atom stereocenters. The minimum atomic E-state index is -1.000. The van der Waals surface area contributed by atoms with Gasteiger partial charge in [0.15, 0.2) is 0 Å². The number of carboxylic acids is 1. The monoisotopic (exact) mass is 760 g/mol. The number of carboxylic acid groups (broad SMARTS) is 1. The molecule has 2 amide bonds. The molecule has 1 unspecified atom stereocenters. The average Bonchev–Trinajstić information content (AvgIpc) is 3.21. The number of phenols is 1. The fourth-order valence-electron chi connectivity index (χ4n) is 7.45. The summed E-state index contributed by atoms with van der Waals surface area (Å²) < 4.78 is 5.40. The zero-order chi connectivity index (χ0) is 39.7. The van der Waals surface area contributed by atoms with Crippen molar-refractivity contribution < 1.29 is 34.4 Å². The second-order valence-electron chi connectivity index (χ2n) is 14.3. The summed E-state index contributed by atoms with van der Waals surface area (Å²) in [6, 6.07) is 30.3. The van der Waals surface area contributed by atoms with E-state index in [2.05, 4.69) is 10.3 Å². The highest BCUT2D eigenvalue weighted by molar-refractivity contribution is 5.87. The van der Waals surface area contributed by atoms with Crippen molar-refractivity contribution in [2.45, 2.75) is 50.2 Å². The van der Waals surface area contributed by atoms with Crippen LogP contribution in [0.2, 0.25) is 0 Å². The molecule has 5 N–H and O–H groups in total. The molecule has 0 spiro atoms. The van der Waals surface area contributed by atoms with Gasteiger partial charge in [0.05, 0.1) is 37.0 Å². The summed E-state index contributed by atoms with van der Waals surface area (Å²) in [4.78, 5) is 57.3. The van der Waals surface area contributed by atoms with Gasteiger partial charge in [-0.1, -0.05) is 72.8 Å². The van der Waals surface area contributed by atoms with Crippen molar-refractivity contribution in [1.82, 2.24) is 20.1 Å². The summed E-state index contributed by atoms with van der Waals surface area (Å²) >= 11 is 0. The lowest BCUT2D eigenvalue weighted by molar-refractivity contribution is -0.148. The van der Waals surface area contributed by atoms with Gasteiger partial charge in [-0.05, 0) is 77.9 Å². The standard InChI is InChI=1S/C44H48N4O8/c1-56-34-10-5-7-32(25-34)29-48(22-6-21-45-28-38(50)35-15-17-37(49)42-36(35)16-18-39(51)46-42)41(53)27-31-13-11-30(12-14-31)26-40(52)47-23-19-44(20-24-47,43(54)55)33-8-3-2-4-9-33/h2-5,7-18,25,38,45,49-50H,6,19-24,26-29H2,1H3,(H,46,51)(H,54,55). The molecule has 1 aliphatic heterocycles. The molecular weight excluding hydrogens is 713 g/mol. The maximum absolute atomic E-state index is 13.8. The lowest BCUT2D eigenvalue weighted by Gasteiger charge is -2.39. The van der Waals surface area contributed by atoms with Gasteiger partial charge in [-0.15, -0.1) is 0 Å². The van der Waals surface area contributed by atoms with Crippen LogP contribution < -0.4 is 15.6 Å².